The molecule has 9 rings (SSSR count). The normalized spacial score (nSPS) is 36.1. The molecule has 1 unspecified atom stereocenters. The van der Waals surface area contributed by atoms with Crippen molar-refractivity contribution in [2.24, 2.45) is 28.7 Å². The lowest BCUT2D eigenvalue weighted by Crippen LogP contribution is -2.47. The molecular formula is C47H61Br3F4N8O13. The van der Waals surface area contributed by atoms with Crippen LogP contribution in [0, 0.1) is 23.7 Å². The van der Waals surface area contributed by atoms with Crippen molar-refractivity contribution < 1.29 is 56.3 Å². The highest BCUT2D eigenvalue weighted by atomic mass is 79.9. The number of alkyl halides is 7. The van der Waals surface area contributed by atoms with E-state index >= 15 is 0 Å². The maximum Gasteiger partial charge on any atom is 0.351 e. The van der Waals surface area contributed by atoms with Gasteiger partial charge in [0.25, 0.3) is 17.0 Å². The van der Waals surface area contributed by atoms with Gasteiger partial charge in [0.15, 0.2) is 37.2 Å². The van der Waals surface area contributed by atoms with Crippen LogP contribution in [-0.4, -0.2) is 139 Å². The smallest absolute Gasteiger partial charge is 0.351 e. The molecule has 9 heterocycles. The van der Waals surface area contributed by atoms with Gasteiger partial charge in [-0.2, -0.15) is 9.98 Å². The van der Waals surface area contributed by atoms with Gasteiger partial charge >= 0.3 is 17.1 Å². The summed E-state index contributed by atoms with van der Waals surface area (Å²) in [6.45, 7) is 10.8. The van der Waals surface area contributed by atoms with E-state index in [-0.39, 0.29) is 47.3 Å². The Labute approximate surface area is 451 Å². The molecule has 0 spiro atoms. The fraction of sp³-hybridized carbons (Fsp3) is 0.660. The molecule has 75 heavy (non-hydrogen) atoms. The van der Waals surface area contributed by atoms with Gasteiger partial charge in [0.1, 0.15) is 42.0 Å². The SMILES string of the molecule is CCC1(CC)O[C@@H](n2ccc(=O)[nH]c2=O)[C@H](F)[C@@H]1C.CC[C@@]1(CBr)O[C@@H](n2ccc(=O)[nH]c2=O)[C@H](F)[C@@H]1C.C[C@H]1[C@@H](F)[C@H]2O[C@]1(CBr)COC1=NC(=O)C=CC12.Nc1ccn([C@@H]2O[C@@](CO)(CBr)[C@@H](O)[C@H]2F)c(=O)n1. The van der Waals surface area contributed by atoms with Crippen molar-refractivity contribution in [3.8, 4) is 0 Å². The summed E-state index contributed by atoms with van der Waals surface area (Å²) in [7, 11) is 0. The number of halogens is 7. The number of H-pyrrole nitrogens is 2. The van der Waals surface area contributed by atoms with Crippen LogP contribution in [0.5, 0.6) is 0 Å². The fourth-order valence-corrected chi connectivity index (χ4v) is 12.4. The molecule has 6 aliphatic rings. The van der Waals surface area contributed by atoms with Crippen LogP contribution in [0.3, 0.4) is 0 Å². The number of aliphatic imine (C=N–C) groups is 1. The number of hydrogen-bond acceptors (Lipinski definition) is 15. The van der Waals surface area contributed by atoms with Crippen molar-refractivity contribution in [2.75, 3.05) is 34.9 Å². The number of dihydropyridines is 1. The molecule has 3 aromatic rings. The summed E-state index contributed by atoms with van der Waals surface area (Å²) in [5, 5.41) is 20.1. The Hall–Kier alpha value is -4.16. The van der Waals surface area contributed by atoms with E-state index in [0.29, 0.717) is 29.9 Å². The minimum Gasteiger partial charge on any atom is -0.477 e. The van der Waals surface area contributed by atoms with Crippen molar-refractivity contribution in [3.05, 3.63) is 101 Å². The van der Waals surface area contributed by atoms with Gasteiger partial charge in [0.2, 0.25) is 5.90 Å². The molecule has 3 aromatic heterocycles. The number of amides is 1. The molecule has 416 valence electrons. The van der Waals surface area contributed by atoms with E-state index in [1.54, 1.807) is 19.9 Å². The van der Waals surface area contributed by atoms with Crippen LogP contribution in [-0.2, 0) is 28.5 Å². The number of carbonyl (C=O) groups is 1. The third-order valence-electron chi connectivity index (χ3n) is 15.2. The summed E-state index contributed by atoms with van der Waals surface area (Å²) in [6, 6.07) is 3.69. The molecule has 6 N–H and O–H groups in total. The number of nitrogens with one attached hydrogen (secondary N) is 2. The molecule has 16 atom stereocenters. The van der Waals surface area contributed by atoms with E-state index in [9.17, 15) is 56.5 Å². The van der Waals surface area contributed by atoms with Gasteiger partial charge < -0.3 is 39.6 Å². The van der Waals surface area contributed by atoms with Crippen LogP contribution in [0.4, 0.5) is 23.4 Å². The Morgan fingerprint density at radius 3 is 1.63 bits per heavy atom. The lowest BCUT2D eigenvalue weighted by Gasteiger charge is -2.30. The van der Waals surface area contributed by atoms with Crippen LogP contribution in [0.25, 0.3) is 0 Å². The number of aromatic nitrogens is 6. The van der Waals surface area contributed by atoms with Crippen molar-refractivity contribution in [2.45, 2.75) is 139 Å². The molecule has 0 aliphatic carbocycles. The van der Waals surface area contributed by atoms with Crippen LogP contribution in [0.15, 0.2) is 77.9 Å². The van der Waals surface area contributed by atoms with E-state index in [4.69, 9.17) is 29.4 Å². The molecular weight excluding hydrogens is 1200 g/mol. The molecule has 2 bridgehead atoms. The Morgan fingerprint density at radius 2 is 1.19 bits per heavy atom. The number of fused-ring (bicyclic) bond motifs is 4. The van der Waals surface area contributed by atoms with Crippen molar-refractivity contribution >= 4 is 65.4 Å². The van der Waals surface area contributed by atoms with Gasteiger partial charge in [-0.1, -0.05) is 95.4 Å². The van der Waals surface area contributed by atoms with Gasteiger partial charge in [0.05, 0.1) is 23.7 Å². The number of aliphatic hydroxyl groups is 2. The molecule has 28 heteroatoms. The van der Waals surface area contributed by atoms with Gasteiger partial charge in [-0.15, -0.1) is 0 Å². The second-order valence-corrected chi connectivity index (χ2v) is 20.8. The number of hydrogen-bond donors (Lipinski definition) is 5. The highest BCUT2D eigenvalue weighted by Gasteiger charge is 2.59. The first-order chi connectivity index (χ1) is 35.4. The van der Waals surface area contributed by atoms with Gasteiger partial charge in [-0.3, -0.25) is 38.1 Å². The van der Waals surface area contributed by atoms with Gasteiger partial charge in [-0.05, 0) is 25.3 Å². The average molecular weight is 1260 g/mol. The lowest BCUT2D eigenvalue weighted by molar-refractivity contribution is -0.113. The Balaban J connectivity index is 0.000000163. The van der Waals surface area contributed by atoms with E-state index in [0.717, 1.165) is 13.7 Å². The highest BCUT2D eigenvalue weighted by molar-refractivity contribution is 9.09. The lowest BCUT2D eigenvalue weighted by atomic mass is 9.83. The molecule has 5 fully saturated rings. The third kappa shape index (κ3) is 11.5. The molecule has 5 saturated heterocycles. The third-order valence-corrected chi connectivity index (χ3v) is 18.1. The number of nitrogens with two attached hydrogens (primary N) is 1. The Bertz CT molecular complexity index is 2760. The zero-order valence-electron chi connectivity index (χ0n) is 41.6. The van der Waals surface area contributed by atoms with E-state index in [1.807, 2.05) is 27.7 Å². The second-order valence-electron chi connectivity index (χ2n) is 19.1. The molecule has 1 amide bonds. The van der Waals surface area contributed by atoms with Crippen LogP contribution in [0.1, 0.15) is 79.5 Å². The molecule has 21 nitrogen and oxygen atoms in total. The number of nitrogen functional groups attached to an aromatic ring is 1. The maximum absolute atomic E-state index is 14.4. The molecule has 0 aromatic carbocycles. The van der Waals surface area contributed by atoms with Gasteiger partial charge in [-0.25, -0.2) is 31.9 Å². The highest BCUT2D eigenvalue weighted by Crippen LogP contribution is 2.48. The zero-order chi connectivity index (χ0) is 55.5. The quantitative estimate of drug-likeness (QED) is 0.142. The first-order valence-corrected chi connectivity index (χ1v) is 27.4. The van der Waals surface area contributed by atoms with Crippen LogP contribution in [0.2, 0.25) is 0 Å². The Morgan fingerprint density at radius 1 is 0.693 bits per heavy atom. The fourth-order valence-electron chi connectivity index (χ4n) is 9.93. The van der Waals surface area contributed by atoms with E-state index in [1.165, 1.54) is 42.9 Å². The summed E-state index contributed by atoms with van der Waals surface area (Å²) >= 11 is 9.78. The first-order valence-electron chi connectivity index (χ1n) is 24.1. The van der Waals surface area contributed by atoms with E-state index in [2.05, 4.69) is 67.7 Å². The number of anilines is 1. The number of nitrogens with zero attached hydrogens (tertiary/aromatic N) is 5. The van der Waals surface area contributed by atoms with Crippen molar-refractivity contribution in [1.82, 2.24) is 28.7 Å². The number of ether oxygens (including phenoxy) is 5. The first kappa shape index (κ1) is 60.1. The topological polar surface area (TPSA) is 287 Å². The van der Waals surface area contributed by atoms with Crippen LogP contribution >= 0.6 is 47.8 Å². The standard InChI is InChI=1S/C13H19FN2O3.C12H16BrFN2O3.C12H13BrFNO3.C10H13BrFN3O4/c1-4-13(5-2)8(3)10(14)11(19-13)16-7-6-9(17)15-12(16)18;1-3-12(6-13)7(2)9(14)10(19-12)16-5-4-8(17)15-11(16)18;1-6-9(14)10-7-2-3-8(16)15-11(7)17-5-12(6,4-13)18-10;11-3-10(4-16)7(17)6(12)8(19-10)15-2-1-5(13)14-9(15)18/h6-8,10-11H,4-5H2,1-3H3,(H,15,17,18);4-5,7,9-10H,3,6H2,1-2H3,(H,15,17,18);2-3,6-7,9-10H,4-5H2,1H3;1-2,6-8,16-17H,3-4H2,(H2,13,14,18)/t8-,10+,11+;7-,9+,10+,12-;6-,7?,9+,10-,12+;6-,7+,8-,10-/m0001/s1. The number of aliphatic hydroxyl groups excluding tert-OH is 2. The van der Waals surface area contributed by atoms with Crippen LogP contribution < -0.4 is 33.9 Å². The Kier molecular flexibility index (Phi) is 19.4. The summed E-state index contributed by atoms with van der Waals surface area (Å²) in [6.07, 6.45) is -2.30. The van der Waals surface area contributed by atoms with Gasteiger partial charge in [0, 0.05) is 70.5 Å². The second kappa shape index (κ2) is 24.2. The largest absolute Gasteiger partial charge is 0.477 e. The predicted molar refractivity (Wildman–Crippen MR) is 275 cm³/mol. The monoisotopic (exact) mass is 1260 g/mol. The van der Waals surface area contributed by atoms with Crippen molar-refractivity contribution in [3.63, 3.8) is 0 Å². The van der Waals surface area contributed by atoms with Crippen molar-refractivity contribution in [1.29, 1.82) is 0 Å². The maximum atomic E-state index is 14.4. The van der Waals surface area contributed by atoms with E-state index < -0.39 is 119 Å². The minimum atomic E-state index is -1.87. The number of carbonyl (C=O) groups excluding carboxylic acids is 1. The predicted octanol–water partition coefficient (Wildman–Crippen LogP) is 4.00. The minimum absolute atomic E-state index is 0.00381. The summed E-state index contributed by atoms with van der Waals surface area (Å²) in [5.74, 6) is -1.38. The zero-order valence-corrected chi connectivity index (χ0v) is 46.4. The summed E-state index contributed by atoms with van der Waals surface area (Å²) < 4.78 is 88.9. The average Bonchev–Trinajstić information content (AvgIpc) is 3.95. The number of rotatable bonds is 10. The number of aromatic amines is 2. The molecule has 0 radical (unpaired) electrons. The molecule has 6 aliphatic heterocycles. The molecule has 0 saturated carbocycles. The summed E-state index contributed by atoms with van der Waals surface area (Å²) in [5.41, 5.74) is -1.13. The summed E-state index contributed by atoms with van der Waals surface area (Å²) in [4.78, 5) is 79.9.